The quantitative estimate of drug-likeness (QED) is 0.637. The smallest absolute Gasteiger partial charge is 0.148 e. The second-order valence-electron chi connectivity index (χ2n) is 3.65. The molecular weight excluding hydrogens is 396 g/mol. The highest BCUT2D eigenvalue weighted by atomic mass is 79.9. The van der Waals surface area contributed by atoms with E-state index in [1.54, 1.807) is 23.1 Å². The van der Waals surface area contributed by atoms with Gasteiger partial charge in [-0.2, -0.15) is 0 Å². The number of carbonyl (C=O) groups is 1. The zero-order valence-corrected chi connectivity index (χ0v) is 14.2. The summed E-state index contributed by atoms with van der Waals surface area (Å²) in [4.78, 5) is 14.1. The summed E-state index contributed by atoms with van der Waals surface area (Å²) in [5.41, 5.74) is 0. The van der Waals surface area contributed by atoms with E-state index in [9.17, 15) is 4.79 Å². The van der Waals surface area contributed by atoms with Crippen molar-refractivity contribution in [3.63, 3.8) is 0 Å². The van der Waals surface area contributed by atoms with Gasteiger partial charge in [0.2, 0.25) is 0 Å². The van der Waals surface area contributed by atoms with Crippen LogP contribution < -0.4 is 0 Å². The Kier molecular flexibility index (Phi) is 5.48. The predicted molar refractivity (Wildman–Crippen MR) is 85.6 cm³/mol. The number of hydrogen-bond donors (Lipinski definition) is 0. The molecule has 0 fully saturated rings. The van der Waals surface area contributed by atoms with Crippen LogP contribution in [0.4, 0.5) is 0 Å². The number of benzene rings is 1. The minimum absolute atomic E-state index is 0.256. The number of thioether (sulfide) groups is 1. The van der Waals surface area contributed by atoms with Gasteiger partial charge >= 0.3 is 0 Å². The molecule has 94 valence electrons. The molecule has 0 saturated heterocycles. The average molecular weight is 406 g/mol. The van der Waals surface area contributed by atoms with Crippen molar-refractivity contribution < 1.29 is 4.79 Å². The first kappa shape index (κ1) is 14.3. The molecular formula is C13H10Br2OS2. The Labute approximate surface area is 131 Å². The van der Waals surface area contributed by atoms with Gasteiger partial charge in [0.1, 0.15) is 5.78 Å². The largest absolute Gasteiger partial charge is 0.298 e. The van der Waals surface area contributed by atoms with Gasteiger partial charge in [-0.15, -0.1) is 23.1 Å². The predicted octanol–water partition coefficient (Wildman–Crippen LogP) is 5.18. The molecule has 1 aromatic heterocycles. The van der Waals surface area contributed by atoms with Crippen molar-refractivity contribution in [1.29, 1.82) is 0 Å². The van der Waals surface area contributed by atoms with Crippen molar-refractivity contribution in [2.75, 3.05) is 5.75 Å². The van der Waals surface area contributed by atoms with E-state index in [0.29, 0.717) is 12.2 Å². The van der Waals surface area contributed by atoms with Crippen LogP contribution in [0, 0.1) is 0 Å². The van der Waals surface area contributed by atoms with Crippen LogP contribution in [-0.2, 0) is 11.2 Å². The Bertz CT molecular complexity index is 534. The molecule has 0 N–H and O–H groups in total. The number of rotatable bonds is 5. The fraction of sp³-hybridized carbons (Fsp3) is 0.154. The molecule has 0 bridgehead atoms. The van der Waals surface area contributed by atoms with E-state index in [-0.39, 0.29) is 5.78 Å². The molecule has 18 heavy (non-hydrogen) atoms. The molecule has 2 aromatic rings. The van der Waals surface area contributed by atoms with Gasteiger partial charge in [0.25, 0.3) is 0 Å². The van der Waals surface area contributed by atoms with Crippen LogP contribution >= 0.6 is 55.0 Å². The zero-order chi connectivity index (χ0) is 13.0. The second-order valence-corrected chi connectivity index (χ2v) is 7.47. The van der Waals surface area contributed by atoms with Gasteiger partial charge < -0.3 is 0 Å². The molecule has 0 radical (unpaired) electrons. The van der Waals surface area contributed by atoms with E-state index in [2.05, 4.69) is 31.9 Å². The highest BCUT2D eigenvalue weighted by Crippen LogP contribution is 2.25. The van der Waals surface area contributed by atoms with Gasteiger partial charge in [0.15, 0.2) is 0 Å². The first-order valence-corrected chi connectivity index (χ1v) is 8.72. The molecule has 1 nitrogen and oxygen atoms in total. The van der Waals surface area contributed by atoms with E-state index in [1.807, 2.05) is 35.7 Å². The Morgan fingerprint density at radius 3 is 2.50 bits per heavy atom. The lowest BCUT2D eigenvalue weighted by Gasteiger charge is -2.01. The Morgan fingerprint density at radius 1 is 1.17 bits per heavy atom. The zero-order valence-electron chi connectivity index (χ0n) is 9.36. The van der Waals surface area contributed by atoms with Crippen molar-refractivity contribution >= 4 is 60.7 Å². The van der Waals surface area contributed by atoms with Crippen LogP contribution in [0.25, 0.3) is 0 Å². The van der Waals surface area contributed by atoms with E-state index in [4.69, 9.17) is 0 Å². The van der Waals surface area contributed by atoms with Crippen molar-refractivity contribution in [3.05, 3.63) is 49.5 Å². The first-order chi connectivity index (χ1) is 8.65. The average Bonchev–Trinajstić information content (AvgIpc) is 2.74. The summed E-state index contributed by atoms with van der Waals surface area (Å²) in [6, 6.07) is 9.99. The topological polar surface area (TPSA) is 17.1 Å². The molecule has 1 heterocycles. The summed E-state index contributed by atoms with van der Waals surface area (Å²) in [5, 5.41) is 1.99. The summed E-state index contributed by atoms with van der Waals surface area (Å²) in [5.74, 6) is 0.775. The van der Waals surface area contributed by atoms with E-state index >= 15 is 0 Å². The lowest BCUT2D eigenvalue weighted by atomic mass is 10.3. The molecule has 0 aliphatic rings. The molecule has 0 amide bonds. The SMILES string of the molecule is O=C(CSc1ccc(Br)cc1)Cc1sccc1Br. The standard InChI is InChI=1S/C13H10Br2OS2/c14-9-1-3-11(4-2-9)18-8-10(16)7-13-12(15)5-6-17-13/h1-6H,7-8H2. The number of Topliss-reactive ketones (excluding diaryl/α,β-unsaturated/α-hetero) is 1. The third kappa shape index (κ3) is 4.23. The number of halogens is 2. The van der Waals surface area contributed by atoms with Crippen molar-refractivity contribution in [1.82, 2.24) is 0 Å². The van der Waals surface area contributed by atoms with Gasteiger partial charge in [-0.3, -0.25) is 4.79 Å². The molecule has 0 unspecified atom stereocenters. The maximum Gasteiger partial charge on any atom is 0.148 e. The second kappa shape index (κ2) is 6.89. The van der Waals surface area contributed by atoms with Crippen molar-refractivity contribution in [3.8, 4) is 0 Å². The molecule has 5 heteroatoms. The molecule has 0 saturated carbocycles. The van der Waals surface area contributed by atoms with Gasteiger partial charge in [-0.1, -0.05) is 15.9 Å². The van der Waals surface area contributed by atoms with Crippen LogP contribution in [0.5, 0.6) is 0 Å². The summed E-state index contributed by atoms with van der Waals surface area (Å²) < 4.78 is 2.09. The third-order valence-electron chi connectivity index (χ3n) is 2.26. The lowest BCUT2D eigenvalue weighted by molar-refractivity contribution is -0.115. The minimum Gasteiger partial charge on any atom is -0.298 e. The van der Waals surface area contributed by atoms with Crippen LogP contribution in [-0.4, -0.2) is 11.5 Å². The molecule has 1 aromatic carbocycles. The molecule has 0 aliphatic carbocycles. The van der Waals surface area contributed by atoms with E-state index in [0.717, 1.165) is 18.7 Å². The normalized spacial score (nSPS) is 10.6. The lowest BCUT2D eigenvalue weighted by Crippen LogP contribution is -2.04. The van der Waals surface area contributed by atoms with Crippen molar-refractivity contribution in [2.45, 2.75) is 11.3 Å². The van der Waals surface area contributed by atoms with Crippen LogP contribution in [0.1, 0.15) is 4.88 Å². The maximum absolute atomic E-state index is 11.9. The summed E-state index contributed by atoms with van der Waals surface area (Å²) in [6.45, 7) is 0. The Morgan fingerprint density at radius 2 is 1.89 bits per heavy atom. The first-order valence-electron chi connectivity index (χ1n) is 5.27. The summed E-state index contributed by atoms with van der Waals surface area (Å²) >= 11 is 10.0. The number of ketones is 1. The molecule has 2 rings (SSSR count). The highest BCUT2D eigenvalue weighted by molar-refractivity contribution is 9.10. The number of carbonyl (C=O) groups excluding carboxylic acids is 1. The minimum atomic E-state index is 0.256. The summed E-state index contributed by atoms with van der Waals surface area (Å²) in [7, 11) is 0. The van der Waals surface area contributed by atoms with Gasteiger partial charge in [-0.25, -0.2) is 0 Å². The van der Waals surface area contributed by atoms with Crippen LogP contribution in [0.2, 0.25) is 0 Å². The number of hydrogen-bond acceptors (Lipinski definition) is 3. The monoisotopic (exact) mass is 404 g/mol. The Balaban J connectivity index is 1.85. The van der Waals surface area contributed by atoms with E-state index < -0.39 is 0 Å². The fourth-order valence-electron chi connectivity index (χ4n) is 1.38. The number of thiophene rings is 1. The molecule has 0 spiro atoms. The molecule has 0 aliphatic heterocycles. The third-order valence-corrected chi connectivity index (χ3v) is 5.79. The Hall–Kier alpha value is -0.100. The molecule has 0 atom stereocenters. The van der Waals surface area contributed by atoms with Gasteiger partial charge in [-0.05, 0) is 51.6 Å². The van der Waals surface area contributed by atoms with Crippen molar-refractivity contribution in [2.24, 2.45) is 0 Å². The van der Waals surface area contributed by atoms with Crippen LogP contribution in [0.3, 0.4) is 0 Å². The fourth-order valence-corrected chi connectivity index (χ4v) is 3.92. The van der Waals surface area contributed by atoms with Gasteiger partial charge in [0, 0.05) is 25.1 Å². The van der Waals surface area contributed by atoms with Gasteiger partial charge in [0.05, 0.1) is 5.75 Å². The van der Waals surface area contributed by atoms with Crippen LogP contribution in [0.15, 0.2) is 49.6 Å². The maximum atomic E-state index is 11.9. The van der Waals surface area contributed by atoms with E-state index in [1.165, 1.54) is 0 Å². The summed E-state index contributed by atoms with van der Waals surface area (Å²) in [6.07, 6.45) is 0.516. The highest BCUT2D eigenvalue weighted by Gasteiger charge is 2.08.